The number of rotatable bonds is 8. The molecule has 0 aromatic carbocycles. The third-order valence-corrected chi connectivity index (χ3v) is 8.04. The Balaban J connectivity index is 1.49. The molecule has 0 spiro atoms. The molecule has 3 heterocycles. The summed E-state index contributed by atoms with van der Waals surface area (Å²) in [4.78, 5) is 18.4. The van der Waals surface area contributed by atoms with E-state index >= 15 is 0 Å². The molecule has 1 aromatic heterocycles. The number of ether oxygens (including phenoxy) is 2. The molecule has 0 bridgehead atoms. The van der Waals surface area contributed by atoms with Crippen LogP contribution in [-0.4, -0.2) is 67.5 Å². The van der Waals surface area contributed by atoms with Crippen molar-refractivity contribution in [1.82, 2.24) is 14.5 Å². The maximum absolute atomic E-state index is 12.9. The minimum atomic E-state index is -3.40. The van der Waals surface area contributed by atoms with Crippen molar-refractivity contribution in [3.8, 4) is 0 Å². The first kappa shape index (κ1) is 20.8. The number of likely N-dealkylation sites (tertiary alicyclic amines) is 1. The summed E-state index contributed by atoms with van der Waals surface area (Å²) in [5.41, 5.74) is 0.909. The van der Waals surface area contributed by atoms with E-state index in [1.54, 1.807) is 6.20 Å². The third kappa shape index (κ3) is 5.00. The lowest BCUT2D eigenvalue weighted by Crippen LogP contribution is -2.37. The van der Waals surface area contributed by atoms with Gasteiger partial charge in [0, 0.05) is 13.2 Å². The number of nitrogens with zero attached hydrogens (tertiary/aromatic N) is 3. The van der Waals surface area contributed by atoms with Crippen molar-refractivity contribution < 1.29 is 22.7 Å². The lowest BCUT2D eigenvalue weighted by atomic mass is 9.97. The molecule has 29 heavy (non-hydrogen) atoms. The van der Waals surface area contributed by atoms with Crippen LogP contribution in [0, 0.1) is 11.8 Å². The average molecular weight is 426 g/mol. The highest BCUT2D eigenvalue weighted by Crippen LogP contribution is 2.32. The third-order valence-electron chi connectivity index (χ3n) is 6.25. The first-order valence-corrected chi connectivity index (χ1v) is 12.3. The van der Waals surface area contributed by atoms with E-state index in [1.165, 1.54) is 7.11 Å². The van der Waals surface area contributed by atoms with E-state index in [2.05, 4.69) is 9.88 Å². The van der Waals surface area contributed by atoms with Crippen LogP contribution in [0.5, 0.6) is 0 Å². The molecule has 1 atom stereocenters. The van der Waals surface area contributed by atoms with Gasteiger partial charge in [0.1, 0.15) is 0 Å². The van der Waals surface area contributed by atoms with Crippen LogP contribution in [0.15, 0.2) is 11.4 Å². The highest BCUT2D eigenvalue weighted by molar-refractivity contribution is 7.91. The molecule has 0 unspecified atom stereocenters. The smallest absolute Gasteiger partial charge is 0.308 e. The molecule has 1 aromatic rings. The van der Waals surface area contributed by atoms with Gasteiger partial charge in [-0.25, -0.2) is 13.4 Å². The number of methoxy groups -OCH3 is 1. The lowest BCUT2D eigenvalue weighted by Gasteiger charge is -2.30. The molecule has 0 amide bonds. The minimum absolute atomic E-state index is 0.0393. The lowest BCUT2D eigenvalue weighted by molar-refractivity contribution is -0.147. The van der Waals surface area contributed by atoms with E-state index in [4.69, 9.17) is 9.47 Å². The molecule has 2 saturated heterocycles. The normalized spacial score (nSPS) is 24.1. The largest absolute Gasteiger partial charge is 0.469 e. The number of piperidine rings is 1. The van der Waals surface area contributed by atoms with Crippen molar-refractivity contribution in [2.24, 2.45) is 11.8 Å². The standard InChI is InChI=1S/C20H31N3O5S/c1-27-19(24)16-6-8-22(9-7-16)12-17-11-21-20(29(25,26)14-15-4-5-15)23(17)13-18-3-2-10-28-18/h11,15-16,18H,2-10,12-14H2,1H3/t18-/m0/s1. The summed E-state index contributed by atoms with van der Waals surface area (Å²) in [7, 11) is -1.96. The molecule has 3 fully saturated rings. The Hall–Kier alpha value is -1.45. The highest BCUT2D eigenvalue weighted by atomic mass is 32.2. The molecular formula is C20H31N3O5S. The van der Waals surface area contributed by atoms with Crippen molar-refractivity contribution in [2.75, 3.05) is 32.6 Å². The predicted octanol–water partition coefficient (Wildman–Crippen LogP) is 1.63. The van der Waals surface area contributed by atoms with Gasteiger partial charge in [-0.3, -0.25) is 9.69 Å². The zero-order valence-corrected chi connectivity index (χ0v) is 17.9. The second-order valence-corrected chi connectivity index (χ2v) is 10.5. The van der Waals surface area contributed by atoms with Gasteiger partial charge in [0.15, 0.2) is 0 Å². The fourth-order valence-corrected chi connectivity index (χ4v) is 6.19. The fourth-order valence-electron chi connectivity index (χ4n) is 4.35. The predicted molar refractivity (Wildman–Crippen MR) is 106 cm³/mol. The number of imidazole rings is 1. The Morgan fingerprint density at radius 1 is 1.24 bits per heavy atom. The summed E-state index contributed by atoms with van der Waals surface area (Å²) in [6.07, 6.45) is 7.23. The molecule has 1 saturated carbocycles. The van der Waals surface area contributed by atoms with Crippen LogP contribution >= 0.6 is 0 Å². The molecule has 0 radical (unpaired) electrons. The molecule has 4 rings (SSSR count). The van der Waals surface area contributed by atoms with Gasteiger partial charge >= 0.3 is 5.97 Å². The van der Waals surface area contributed by atoms with Crippen LogP contribution in [0.4, 0.5) is 0 Å². The van der Waals surface area contributed by atoms with Gasteiger partial charge in [-0.2, -0.15) is 0 Å². The number of esters is 1. The van der Waals surface area contributed by atoms with Crippen LogP contribution < -0.4 is 0 Å². The molecule has 2 aliphatic heterocycles. The van der Waals surface area contributed by atoms with E-state index in [-0.39, 0.29) is 34.8 Å². The molecule has 9 heteroatoms. The van der Waals surface area contributed by atoms with Crippen molar-refractivity contribution in [1.29, 1.82) is 0 Å². The van der Waals surface area contributed by atoms with Crippen LogP contribution in [0.25, 0.3) is 0 Å². The summed E-state index contributed by atoms with van der Waals surface area (Å²) in [6.45, 7) is 3.48. The first-order valence-electron chi connectivity index (χ1n) is 10.6. The number of sulfone groups is 1. The minimum Gasteiger partial charge on any atom is -0.469 e. The van der Waals surface area contributed by atoms with Crippen LogP contribution in [0.2, 0.25) is 0 Å². The summed E-state index contributed by atoms with van der Waals surface area (Å²) in [5, 5.41) is 0.194. The zero-order valence-electron chi connectivity index (χ0n) is 17.1. The van der Waals surface area contributed by atoms with E-state index < -0.39 is 9.84 Å². The Kier molecular flexibility index (Phi) is 6.27. The summed E-state index contributed by atoms with van der Waals surface area (Å²) >= 11 is 0. The van der Waals surface area contributed by atoms with Gasteiger partial charge in [0.2, 0.25) is 15.0 Å². The molecule has 162 valence electrons. The summed E-state index contributed by atoms with van der Waals surface area (Å²) < 4.78 is 38.4. The van der Waals surface area contributed by atoms with E-state index in [0.29, 0.717) is 13.1 Å². The quantitative estimate of drug-likeness (QED) is 0.585. The van der Waals surface area contributed by atoms with Gasteiger partial charge in [-0.15, -0.1) is 0 Å². The van der Waals surface area contributed by atoms with E-state index in [0.717, 1.165) is 63.9 Å². The van der Waals surface area contributed by atoms with Gasteiger partial charge in [-0.1, -0.05) is 0 Å². The van der Waals surface area contributed by atoms with Crippen molar-refractivity contribution in [3.05, 3.63) is 11.9 Å². The van der Waals surface area contributed by atoms with Gasteiger partial charge in [-0.05, 0) is 57.5 Å². The van der Waals surface area contributed by atoms with E-state index in [9.17, 15) is 13.2 Å². The molecular weight excluding hydrogens is 394 g/mol. The number of hydrogen-bond acceptors (Lipinski definition) is 7. The number of carbonyl (C=O) groups excluding carboxylic acids is 1. The second kappa shape index (κ2) is 8.73. The maximum Gasteiger partial charge on any atom is 0.308 e. The number of hydrogen-bond donors (Lipinski definition) is 0. The van der Waals surface area contributed by atoms with Crippen molar-refractivity contribution in [3.63, 3.8) is 0 Å². The number of aromatic nitrogens is 2. The van der Waals surface area contributed by atoms with Crippen LogP contribution in [0.1, 0.15) is 44.2 Å². The fraction of sp³-hybridized carbons (Fsp3) is 0.800. The van der Waals surface area contributed by atoms with Crippen LogP contribution in [-0.2, 0) is 37.2 Å². The van der Waals surface area contributed by atoms with E-state index in [1.807, 2.05) is 4.57 Å². The van der Waals surface area contributed by atoms with Crippen molar-refractivity contribution >= 4 is 15.8 Å². The Morgan fingerprint density at radius 2 is 2.00 bits per heavy atom. The molecule has 3 aliphatic rings. The Bertz CT molecular complexity index is 819. The maximum atomic E-state index is 12.9. The van der Waals surface area contributed by atoms with Crippen LogP contribution in [0.3, 0.4) is 0 Å². The van der Waals surface area contributed by atoms with Gasteiger partial charge in [0.05, 0.1) is 43.3 Å². The van der Waals surface area contributed by atoms with Crippen molar-refractivity contribution in [2.45, 2.75) is 62.9 Å². The molecule has 1 aliphatic carbocycles. The average Bonchev–Trinajstić information content (AvgIpc) is 3.19. The van der Waals surface area contributed by atoms with Gasteiger partial charge in [0.25, 0.3) is 0 Å². The Labute approximate surface area is 172 Å². The summed E-state index contributed by atoms with van der Waals surface area (Å²) in [5.74, 6) is 0.303. The SMILES string of the molecule is COC(=O)C1CCN(Cc2cnc(S(=O)(=O)CC3CC3)n2C[C@@H]2CCCO2)CC1. The monoisotopic (exact) mass is 425 g/mol. The topological polar surface area (TPSA) is 90.7 Å². The highest BCUT2D eigenvalue weighted by Gasteiger charge is 2.34. The first-order chi connectivity index (χ1) is 14.0. The Morgan fingerprint density at radius 3 is 2.62 bits per heavy atom. The molecule has 8 nitrogen and oxygen atoms in total. The number of carbonyl (C=O) groups is 1. The van der Waals surface area contributed by atoms with Gasteiger partial charge < -0.3 is 14.0 Å². The zero-order chi connectivity index (χ0) is 20.4. The molecule has 0 N–H and O–H groups in total. The second-order valence-electron chi connectivity index (χ2n) is 8.58. The summed E-state index contributed by atoms with van der Waals surface area (Å²) in [6, 6.07) is 0.